The number of aryl methyl sites for hydroxylation is 3. The van der Waals surface area contributed by atoms with E-state index in [9.17, 15) is 4.79 Å². The second kappa shape index (κ2) is 8.77. The van der Waals surface area contributed by atoms with Crippen LogP contribution in [0.25, 0.3) is 10.2 Å². The van der Waals surface area contributed by atoms with Crippen LogP contribution in [0.15, 0.2) is 6.33 Å². The van der Waals surface area contributed by atoms with Gasteiger partial charge in [0.05, 0.1) is 11.9 Å². The number of nitrogens with zero attached hydrogens (tertiary/aromatic N) is 7. The lowest BCUT2D eigenvalue weighted by Crippen LogP contribution is -2.41. The van der Waals surface area contributed by atoms with Gasteiger partial charge in [0, 0.05) is 43.9 Å². The SMILES string of the molecule is Cc1sc2ncnc(N3CCC(C(=O)N(C)Cc4nnc5n4CCCCC5)CC3)c2c1C. The molecule has 1 amide bonds. The maximum atomic E-state index is 13.2. The lowest BCUT2D eigenvalue weighted by Gasteiger charge is -2.34. The molecule has 0 N–H and O–H groups in total. The van der Waals surface area contributed by atoms with Gasteiger partial charge in [0.15, 0.2) is 5.82 Å². The van der Waals surface area contributed by atoms with Crippen LogP contribution in [-0.4, -0.2) is 55.7 Å². The van der Waals surface area contributed by atoms with E-state index in [1.165, 1.54) is 28.7 Å². The van der Waals surface area contributed by atoms with Gasteiger partial charge in [-0.15, -0.1) is 21.5 Å². The molecule has 1 fully saturated rings. The summed E-state index contributed by atoms with van der Waals surface area (Å²) in [5.74, 6) is 3.27. The molecule has 32 heavy (non-hydrogen) atoms. The number of amides is 1. The zero-order valence-corrected chi connectivity index (χ0v) is 20.0. The Kier molecular flexibility index (Phi) is 5.84. The Morgan fingerprint density at radius 3 is 2.75 bits per heavy atom. The average Bonchev–Trinajstić information content (AvgIpc) is 3.21. The summed E-state index contributed by atoms with van der Waals surface area (Å²) in [6.45, 7) is 7.47. The van der Waals surface area contributed by atoms with E-state index in [0.717, 1.165) is 67.6 Å². The predicted octanol–water partition coefficient (Wildman–Crippen LogP) is 3.50. The molecule has 9 heteroatoms. The Morgan fingerprint density at radius 1 is 1.12 bits per heavy atom. The number of rotatable bonds is 4. The molecule has 2 aliphatic rings. The van der Waals surface area contributed by atoms with Crippen molar-refractivity contribution in [2.45, 2.75) is 65.5 Å². The summed E-state index contributed by atoms with van der Waals surface area (Å²) in [7, 11) is 1.90. The van der Waals surface area contributed by atoms with E-state index in [0.29, 0.717) is 6.54 Å². The molecular weight excluding hydrogens is 422 g/mol. The van der Waals surface area contributed by atoms with Crippen LogP contribution in [0.2, 0.25) is 0 Å². The highest BCUT2D eigenvalue weighted by atomic mass is 32.1. The molecule has 0 atom stereocenters. The smallest absolute Gasteiger partial charge is 0.225 e. The third-order valence-electron chi connectivity index (χ3n) is 7.03. The number of hydrogen-bond acceptors (Lipinski definition) is 7. The summed E-state index contributed by atoms with van der Waals surface area (Å²) >= 11 is 1.73. The minimum atomic E-state index is 0.0467. The van der Waals surface area contributed by atoms with Gasteiger partial charge in [-0.05, 0) is 45.1 Å². The van der Waals surface area contributed by atoms with Gasteiger partial charge in [0.2, 0.25) is 5.91 Å². The van der Waals surface area contributed by atoms with Gasteiger partial charge < -0.3 is 14.4 Å². The fourth-order valence-electron chi connectivity index (χ4n) is 5.01. The first-order valence-electron chi connectivity index (χ1n) is 11.6. The van der Waals surface area contributed by atoms with Crippen molar-refractivity contribution in [1.82, 2.24) is 29.6 Å². The van der Waals surface area contributed by atoms with Crippen molar-refractivity contribution >= 4 is 33.3 Å². The van der Waals surface area contributed by atoms with Crippen LogP contribution in [0, 0.1) is 19.8 Å². The minimum Gasteiger partial charge on any atom is -0.356 e. The first kappa shape index (κ1) is 21.3. The van der Waals surface area contributed by atoms with Crippen molar-refractivity contribution < 1.29 is 4.79 Å². The molecule has 0 bridgehead atoms. The van der Waals surface area contributed by atoms with Gasteiger partial charge in [0.25, 0.3) is 0 Å². The maximum absolute atomic E-state index is 13.2. The number of hydrogen-bond donors (Lipinski definition) is 0. The van der Waals surface area contributed by atoms with E-state index < -0.39 is 0 Å². The topological polar surface area (TPSA) is 80.0 Å². The normalized spacial score (nSPS) is 17.4. The first-order valence-corrected chi connectivity index (χ1v) is 12.5. The second-order valence-corrected chi connectivity index (χ2v) is 10.3. The van der Waals surface area contributed by atoms with E-state index in [2.05, 4.69) is 43.5 Å². The molecule has 0 aliphatic carbocycles. The van der Waals surface area contributed by atoms with Gasteiger partial charge in [-0.1, -0.05) is 6.42 Å². The number of piperidine rings is 1. The van der Waals surface area contributed by atoms with Gasteiger partial charge >= 0.3 is 0 Å². The van der Waals surface area contributed by atoms with Crippen molar-refractivity contribution in [3.8, 4) is 0 Å². The first-order chi connectivity index (χ1) is 15.5. The molecule has 0 radical (unpaired) electrons. The fourth-order valence-corrected chi connectivity index (χ4v) is 6.00. The molecule has 3 aromatic heterocycles. The number of thiophene rings is 1. The van der Waals surface area contributed by atoms with Crippen LogP contribution in [0.5, 0.6) is 0 Å². The zero-order valence-electron chi connectivity index (χ0n) is 19.2. The van der Waals surface area contributed by atoms with Crippen LogP contribution in [0.3, 0.4) is 0 Å². The lowest BCUT2D eigenvalue weighted by molar-refractivity contribution is -0.135. The molecule has 5 heterocycles. The standard InChI is InChI=1S/C23H31N7OS/c1-15-16(2)32-22-20(15)21(24-14-25-22)29-11-8-17(9-12-29)23(31)28(3)13-19-27-26-18-7-5-4-6-10-30(18)19/h14,17H,4-13H2,1-3H3. The van der Waals surface area contributed by atoms with E-state index in [-0.39, 0.29) is 11.8 Å². The summed E-state index contributed by atoms with van der Waals surface area (Å²) in [6.07, 6.45) is 7.91. The van der Waals surface area contributed by atoms with E-state index in [1.807, 2.05) is 11.9 Å². The van der Waals surface area contributed by atoms with Crippen molar-refractivity contribution in [1.29, 1.82) is 0 Å². The third kappa shape index (κ3) is 3.87. The molecule has 0 saturated carbocycles. The number of aromatic nitrogens is 5. The monoisotopic (exact) mass is 453 g/mol. The number of carbonyl (C=O) groups excluding carboxylic acids is 1. The average molecular weight is 454 g/mol. The Balaban J connectivity index is 1.24. The van der Waals surface area contributed by atoms with Crippen molar-refractivity contribution in [2.75, 3.05) is 25.0 Å². The van der Waals surface area contributed by atoms with Crippen molar-refractivity contribution in [3.63, 3.8) is 0 Å². The van der Waals surface area contributed by atoms with Crippen LogP contribution in [0.1, 0.15) is 54.2 Å². The maximum Gasteiger partial charge on any atom is 0.225 e. The third-order valence-corrected chi connectivity index (χ3v) is 8.15. The van der Waals surface area contributed by atoms with Gasteiger partial charge in [0.1, 0.15) is 22.8 Å². The van der Waals surface area contributed by atoms with Crippen LogP contribution < -0.4 is 4.90 Å². The molecular formula is C23H31N7OS. The Labute approximate surface area is 192 Å². The van der Waals surface area contributed by atoms with Gasteiger partial charge in [-0.3, -0.25) is 4.79 Å². The Hall–Kier alpha value is -2.55. The largest absolute Gasteiger partial charge is 0.356 e. The highest BCUT2D eigenvalue weighted by Gasteiger charge is 2.30. The molecule has 8 nitrogen and oxygen atoms in total. The van der Waals surface area contributed by atoms with E-state index in [4.69, 9.17) is 0 Å². The summed E-state index contributed by atoms with van der Waals surface area (Å²) in [5, 5.41) is 9.94. The lowest BCUT2D eigenvalue weighted by atomic mass is 9.95. The molecule has 5 rings (SSSR count). The Morgan fingerprint density at radius 2 is 1.94 bits per heavy atom. The number of carbonyl (C=O) groups is 1. The fraction of sp³-hybridized carbons (Fsp3) is 0.609. The zero-order chi connectivity index (χ0) is 22.2. The highest BCUT2D eigenvalue weighted by molar-refractivity contribution is 7.18. The Bertz CT molecular complexity index is 1130. The summed E-state index contributed by atoms with van der Waals surface area (Å²) in [5.41, 5.74) is 1.27. The summed E-state index contributed by atoms with van der Waals surface area (Å²) in [6, 6.07) is 0. The van der Waals surface area contributed by atoms with Gasteiger partial charge in [-0.25, -0.2) is 9.97 Å². The molecule has 0 unspecified atom stereocenters. The van der Waals surface area contributed by atoms with Crippen LogP contribution >= 0.6 is 11.3 Å². The molecule has 3 aromatic rings. The predicted molar refractivity (Wildman–Crippen MR) is 126 cm³/mol. The number of fused-ring (bicyclic) bond motifs is 2. The van der Waals surface area contributed by atoms with Gasteiger partial charge in [-0.2, -0.15) is 0 Å². The second-order valence-electron chi connectivity index (χ2n) is 9.11. The van der Waals surface area contributed by atoms with Crippen LogP contribution in [-0.2, 0) is 24.3 Å². The number of anilines is 1. The quantitative estimate of drug-likeness (QED) is 0.602. The molecule has 170 valence electrons. The van der Waals surface area contributed by atoms with E-state index in [1.54, 1.807) is 17.7 Å². The minimum absolute atomic E-state index is 0.0467. The highest BCUT2D eigenvalue weighted by Crippen LogP contribution is 2.35. The van der Waals surface area contributed by atoms with Crippen molar-refractivity contribution in [3.05, 3.63) is 28.4 Å². The van der Waals surface area contributed by atoms with Crippen LogP contribution in [0.4, 0.5) is 5.82 Å². The molecule has 0 aromatic carbocycles. The molecule has 0 spiro atoms. The molecule has 2 aliphatic heterocycles. The van der Waals surface area contributed by atoms with E-state index >= 15 is 0 Å². The summed E-state index contributed by atoms with van der Waals surface area (Å²) < 4.78 is 2.23. The molecule has 1 saturated heterocycles. The summed E-state index contributed by atoms with van der Waals surface area (Å²) in [4.78, 5) is 28.8. The van der Waals surface area contributed by atoms with Crippen molar-refractivity contribution in [2.24, 2.45) is 5.92 Å².